The van der Waals surface area contributed by atoms with Crippen LogP contribution >= 0.6 is 23.2 Å². The van der Waals surface area contributed by atoms with Crippen molar-refractivity contribution in [1.82, 2.24) is 10.3 Å². The molecular formula is C13H17Cl2N3. The molecule has 2 unspecified atom stereocenters. The lowest BCUT2D eigenvalue weighted by molar-refractivity contribution is 0.354. The molecule has 2 aliphatic rings. The van der Waals surface area contributed by atoms with E-state index in [0.29, 0.717) is 28.2 Å². The predicted octanol–water partition coefficient (Wildman–Crippen LogP) is 3.11. The third-order valence-corrected chi connectivity index (χ3v) is 4.60. The fourth-order valence-electron chi connectivity index (χ4n) is 3.18. The van der Waals surface area contributed by atoms with Gasteiger partial charge in [-0.2, -0.15) is 0 Å². The summed E-state index contributed by atoms with van der Waals surface area (Å²) in [7, 11) is 2.08. The van der Waals surface area contributed by atoms with Crippen molar-refractivity contribution in [2.75, 3.05) is 11.9 Å². The zero-order chi connectivity index (χ0) is 12.7. The van der Waals surface area contributed by atoms with Crippen LogP contribution in [0.2, 0.25) is 10.0 Å². The normalized spacial score (nSPS) is 30.5. The molecule has 1 aromatic heterocycles. The van der Waals surface area contributed by atoms with Crippen molar-refractivity contribution in [2.45, 2.75) is 43.8 Å². The number of anilines is 1. The molecule has 2 fully saturated rings. The maximum atomic E-state index is 6.23. The van der Waals surface area contributed by atoms with Crippen molar-refractivity contribution >= 4 is 29.0 Å². The summed E-state index contributed by atoms with van der Waals surface area (Å²) in [6, 6.07) is 3.62. The molecular weight excluding hydrogens is 269 g/mol. The standard InChI is InChI=1S/C13H17Cl2N3/c1-18(13-12(15)4-8(14)7-16-13)11-5-9-2-3-10(6-11)17-9/h4,7,9-11,17H,2-3,5-6H2,1H3. The minimum atomic E-state index is 0.523. The Balaban J connectivity index is 1.79. The quantitative estimate of drug-likeness (QED) is 0.905. The van der Waals surface area contributed by atoms with E-state index in [4.69, 9.17) is 23.2 Å². The number of hydrogen-bond acceptors (Lipinski definition) is 3. The maximum absolute atomic E-state index is 6.23. The van der Waals surface area contributed by atoms with Crippen LogP contribution in [0.3, 0.4) is 0 Å². The summed E-state index contributed by atoms with van der Waals surface area (Å²) >= 11 is 12.1. The van der Waals surface area contributed by atoms with Crippen LogP contribution in [0.5, 0.6) is 0 Å². The first-order chi connectivity index (χ1) is 8.63. The highest BCUT2D eigenvalue weighted by Gasteiger charge is 2.35. The molecule has 1 N–H and O–H groups in total. The summed E-state index contributed by atoms with van der Waals surface area (Å²) in [6.45, 7) is 0. The molecule has 3 heterocycles. The zero-order valence-corrected chi connectivity index (χ0v) is 11.9. The predicted molar refractivity (Wildman–Crippen MR) is 75.6 cm³/mol. The molecule has 1 aromatic rings. The fourth-order valence-corrected chi connectivity index (χ4v) is 3.70. The van der Waals surface area contributed by atoms with E-state index in [2.05, 4.69) is 22.2 Å². The number of nitrogens with one attached hydrogen (secondary N) is 1. The van der Waals surface area contributed by atoms with Crippen LogP contribution in [0.25, 0.3) is 0 Å². The van der Waals surface area contributed by atoms with E-state index in [1.165, 1.54) is 25.7 Å². The molecule has 0 amide bonds. The molecule has 0 saturated carbocycles. The Morgan fingerprint density at radius 3 is 2.56 bits per heavy atom. The van der Waals surface area contributed by atoms with E-state index in [-0.39, 0.29) is 0 Å². The average molecular weight is 286 g/mol. The number of rotatable bonds is 2. The Kier molecular flexibility index (Phi) is 3.39. The monoisotopic (exact) mass is 285 g/mol. The lowest BCUT2D eigenvalue weighted by atomic mass is 9.98. The molecule has 0 aliphatic carbocycles. The van der Waals surface area contributed by atoms with Gasteiger partial charge in [-0.1, -0.05) is 23.2 Å². The van der Waals surface area contributed by atoms with E-state index in [1.54, 1.807) is 12.3 Å². The fraction of sp³-hybridized carbons (Fsp3) is 0.615. The Bertz CT molecular complexity index is 440. The SMILES string of the molecule is CN(c1ncc(Cl)cc1Cl)C1CC2CCC(C1)N2. The van der Waals surface area contributed by atoms with Gasteiger partial charge in [0.25, 0.3) is 0 Å². The van der Waals surface area contributed by atoms with Gasteiger partial charge in [0.2, 0.25) is 0 Å². The summed E-state index contributed by atoms with van der Waals surface area (Å²) in [4.78, 5) is 6.58. The van der Waals surface area contributed by atoms with Gasteiger partial charge >= 0.3 is 0 Å². The van der Waals surface area contributed by atoms with Gasteiger partial charge in [0.05, 0.1) is 10.0 Å². The number of piperidine rings is 1. The van der Waals surface area contributed by atoms with E-state index < -0.39 is 0 Å². The van der Waals surface area contributed by atoms with Crippen molar-refractivity contribution < 1.29 is 0 Å². The highest BCUT2D eigenvalue weighted by atomic mass is 35.5. The van der Waals surface area contributed by atoms with E-state index in [1.807, 2.05) is 0 Å². The highest BCUT2D eigenvalue weighted by Crippen LogP contribution is 2.33. The number of halogens is 2. The second-order valence-electron chi connectivity index (χ2n) is 5.33. The second-order valence-corrected chi connectivity index (χ2v) is 6.18. The van der Waals surface area contributed by atoms with Gasteiger partial charge in [0, 0.05) is 31.4 Å². The Labute approximate surface area is 117 Å². The number of hydrogen-bond donors (Lipinski definition) is 1. The van der Waals surface area contributed by atoms with Crippen molar-refractivity contribution in [3.05, 3.63) is 22.3 Å². The summed E-state index contributed by atoms with van der Waals surface area (Å²) in [5.74, 6) is 0.840. The van der Waals surface area contributed by atoms with Gasteiger partial charge in [0.1, 0.15) is 5.82 Å². The summed E-state index contributed by atoms with van der Waals surface area (Å²) < 4.78 is 0. The largest absolute Gasteiger partial charge is 0.355 e. The van der Waals surface area contributed by atoms with E-state index in [9.17, 15) is 0 Å². The van der Waals surface area contributed by atoms with Crippen LogP contribution in [0, 0.1) is 0 Å². The number of nitrogens with zero attached hydrogens (tertiary/aromatic N) is 2. The summed E-state index contributed by atoms with van der Waals surface area (Å²) in [5.41, 5.74) is 0. The molecule has 0 radical (unpaired) electrons. The van der Waals surface area contributed by atoms with E-state index in [0.717, 1.165) is 5.82 Å². The molecule has 3 nitrogen and oxygen atoms in total. The maximum Gasteiger partial charge on any atom is 0.147 e. The van der Waals surface area contributed by atoms with Gasteiger partial charge in [0.15, 0.2) is 0 Å². The van der Waals surface area contributed by atoms with Gasteiger partial charge in [-0.25, -0.2) is 4.98 Å². The number of pyridine rings is 1. The molecule has 2 atom stereocenters. The molecule has 0 spiro atoms. The summed E-state index contributed by atoms with van der Waals surface area (Å²) in [6.07, 6.45) is 6.61. The Hall–Kier alpha value is -0.510. The third kappa shape index (κ3) is 2.31. The van der Waals surface area contributed by atoms with Crippen LogP contribution < -0.4 is 10.2 Å². The highest BCUT2D eigenvalue weighted by molar-refractivity contribution is 6.36. The second kappa shape index (κ2) is 4.87. The summed E-state index contributed by atoms with van der Waals surface area (Å²) in [5, 5.41) is 4.87. The van der Waals surface area contributed by atoms with Crippen LogP contribution in [0.4, 0.5) is 5.82 Å². The molecule has 18 heavy (non-hydrogen) atoms. The minimum Gasteiger partial charge on any atom is -0.355 e. The van der Waals surface area contributed by atoms with Crippen molar-refractivity contribution in [3.63, 3.8) is 0 Å². The first-order valence-electron chi connectivity index (χ1n) is 6.43. The first-order valence-corrected chi connectivity index (χ1v) is 7.19. The lowest BCUT2D eigenvalue weighted by Crippen LogP contribution is -2.47. The first kappa shape index (κ1) is 12.5. The van der Waals surface area contributed by atoms with Gasteiger partial charge < -0.3 is 10.2 Å². The number of aromatic nitrogens is 1. The Morgan fingerprint density at radius 1 is 1.28 bits per heavy atom. The smallest absolute Gasteiger partial charge is 0.147 e. The van der Waals surface area contributed by atoms with Gasteiger partial charge in [-0.05, 0) is 31.7 Å². The molecule has 2 bridgehead atoms. The number of fused-ring (bicyclic) bond motifs is 2. The van der Waals surface area contributed by atoms with Crippen LogP contribution in [-0.2, 0) is 0 Å². The molecule has 3 rings (SSSR count). The van der Waals surface area contributed by atoms with Crippen molar-refractivity contribution in [3.8, 4) is 0 Å². The van der Waals surface area contributed by atoms with Crippen LogP contribution in [0.1, 0.15) is 25.7 Å². The topological polar surface area (TPSA) is 28.2 Å². The zero-order valence-electron chi connectivity index (χ0n) is 10.4. The van der Waals surface area contributed by atoms with Crippen molar-refractivity contribution in [2.24, 2.45) is 0 Å². The molecule has 5 heteroatoms. The minimum absolute atomic E-state index is 0.523. The molecule has 98 valence electrons. The molecule has 0 aromatic carbocycles. The van der Waals surface area contributed by atoms with E-state index >= 15 is 0 Å². The van der Waals surface area contributed by atoms with Crippen LogP contribution in [0.15, 0.2) is 12.3 Å². The van der Waals surface area contributed by atoms with Crippen LogP contribution in [-0.4, -0.2) is 30.2 Å². The molecule has 2 aliphatic heterocycles. The third-order valence-electron chi connectivity index (χ3n) is 4.12. The Morgan fingerprint density at radius 2 is 1.94 bits per heavy atom. The average Bonchev–Trinajstić information content (AvgIpc) is 2.67. The van der Waals surface area contributed by atoms with Crippen molar-refractivity contribution in [1.29, 1.82) is 0 Å². The van der Waals surface area contributed by atoms with Gasteiger partial charge in [-0.3, -0.25) is 0 Å². The lowest BCUT2D eigenvalue weighted by Gasteiger charge is -2.36. The van der Waals surface area contributed by atoms with Gasteiger partial charge in [-0.15, -0.1) is 0 Å². The molecule has 2 saturated heterocycles.